The van der Waals surface area contributed by atoms with E-state index in [1.54, 1.807) is 0 Å². The first-order chi connectivity index (χ1) is 12.7. The first-order valence-electron chi connectivity index (χ1n) is 8.12. The molecule has 0 saturated heterocycles. The lowest BCUT2D eigenvalue weighted by molar-refractivity contribution is -0.116. The van der Waals surface area contributed by atoms with E-state index in [-0.39, 0.29) is 5.91 Å². The van der Waals surface area contributed by atoms with E-state index in [2.05, 4.69) is 15.0 Å². The molecule has 1 amide bonds. The molecule has 3 rings (SSSR count). The minimum absolute atomic E-state index is 0.169. The van der Waals surface area contributed by atoms with Gasteiger partial charge in [0.25, 0.3) is 0 Å². The lowest BCUT2D eigenvalue weighted by Crippen LogP contribution is -2.12. The second-order valence-electron chi connectivity index (χ2n) is 5.50. The summed E-state index contributed by atoms with van der Waals surface area (Å²) in [5, 5.41) is 5.23. The predicted molar refractivity (Wildman–Crippen MR) is 101 cm³/mol. The second-order valence-corrected chi connectivity index (χ2v) is 6.53. The number of esters is 1. The number of amides is 1. The van der Waals surface area contributed by atoms with Gasteiger partial charge < -0.3 is 14.8 Å². The van der Waals surface area contributed by atoms with Gasteiger partial charge in [-0.15, -0.1) is 0 Å². The Labute approximate surface area is 154 Å². The van der Waals surface area contributed by atoms with Crippen LogP contribution in [0.5, 0.6) is 5.75 Å². The fourth-order valence-corrected chi connectivity index (χ4v) is 3.20. The molecule has 0 bridgehead atoms. The van der Waals surface area contributed by atoms with Gasteiger partial charge in [0.2, 0.25) is 5.91 Å². The van der Waals surface area contributed by atoms with Gasteiger partial charge in [0, 0.05) is 11.8 Å². The number of rotatable bonds is 7. The van der Waals surface area contributed by atoms with E-state index >= 15 is 0 Å². The third-order valence-electron chi connectivity index (χ3n) is 3.69. The molecule has 0 saturated carbocycles. The van der Waals surface area contributed by atoms with Gasteiger partial charge in [-0.3, -0.25) is 4.79 Å². The Bertz CT molecular complexity index is 917. The zero-order valence-electron chi connectivity index (χ0n) is 14.2. The number of carbonyl (C=O) groups excluding carboxylic acids is 2. The normalized spacial score (nSPS) is 10.5. The number of nitrogens with zero attached hydrogens (tertiary/aromatic N) is 1. The maximum atomic E-state index is 12.0. The molecule has 0 atom stereocenters. The molecule has 3 aromatic rings. The maximum absolute atomic E-state index is 12.0. The van der Waals surface area contributed by atoms with Gasteiger partial charge in [-0.05, 0) is 17.9 Å². The van der Waals surface area contributed by atoms with E-state index < -0.39 is 5.97 Å². The lowest BCUT2D eigenvalue weighted by atomic mass is 10.1. The number of thiazole rings is 1. The summed E-state index contributed by atoms with van der Waals surface area (Å²) in [7, 11) is 1.30. The van der Waals surface area contributed by atoms with Gasteiger partial charge in [0.05, 0.1) is 19.9 Å². The molecule has 6 nitrogen and oxygen atoms in total. The van der Waals surface area contributed by atoms with Crippen LogP contribution in [0.3, 0.4) is 0 Å². The van der Waals surface area contributed by atoms with E-state index in [4.69, 9.17) is 4.74 Å². The zero-order valence-corrected chi connectivity index (χ0v) is 15.0. The molecule has 1 N–H and O–H groups in total. The van der Waals surface area contributed by atoms with Gasteiger partial charge in [0.15, 0.2) is 5.13 Å². The molecular weight excluding hydrogens is 352 g/mol. The number of hydrogen-bond donors (Lipinski definition) is 1. The van der Waals surface area contributed by atoms with Crippen molar-refractivity contribution in [3.8, 4) is 5.75 Å². The SMILES string of the molecule is COC(=O)c1cnc(NC(=O)CCCOc2cccc3ccccc23)s1. The van der Waals surface area contributed by atoms with Crippen LogP contribution < -0.4 is 10.1 Å². The average Bonchev–Trinajstić information content (AvgIpc) is 3.13. The van der Waals surface area contributed by atoms with Crippen LogP contribution in [0.1, 0.15) is 22.5 Å². The van der Waals surface area contributed by atoms with E-state index in [0.717, 1.165) is 27.9 Å². The van der Waals surface area contributed by atoms with Gasteiger partial charge in [-0.25, -0.2) is 9.78 Å². The number of anilines is 1. The molecule has 2 aromatic carbocycles. The number of benzene rings is 2. The van der Waals surface area contributed by atoms with Crippen molar-refractivity contribution in [2.75, 3.05) is 19.0 Å². The van der Waals surface area contributed by atoms with Gasteiger partial charge in [-0.1, -0.05) is 47.7 Å². The lowest BCUT2D eigenvalue weighted by Gasteiger charge is -2.09. The molecule has 0 aliphatic heterocycles. The number of nitrogens with one attached hydrogen (secondary N) is 1. The van der Waals surface area contributed by atoms with Crippen molar-refractivity contribution in [1.82, 2.24) is 4.98 Å². The molecule has 1 aromatic heterocycles. The first-order valence-corrected chi connectivity index (χ1v) is 8.93. The van der Waals surface area contributed by atoms with Crippen LogP contribution in [0.4, 0.5) is 5.13 Å². The van der Waals surface area contributed by atoms with Crippen LogP contribution in [0.25, 0.3) is 10.8 Å². The number of aromatic nitrogens is 1. The number of ether oxygens (including phenoxy) is 2. The number of carbonyl (C=O) groups is 2. The third kappa shape index (κ3) is 4.37. The van der Waals surface area contributed by atoms with E-state index in [9.17, 15) is 9.59 Å². The Morgan fingerprint density at radius 3 is 2.81 bits per heavy atom. The van der Waals surface area contributed by atoms with Crippen LogP contribution in [0.2, 0.25) is 0 Å². The highest BCUT2D eigenvalue weighted by Gasteiger charge is 2.12. The topological polar surface area (TPSA) is 77.5 Å². The van der Waals surface area contributed by atoms with E-state index in [1.807, 2.05) is 42.5 Å². The predicted octanol–water partition coefficient (Wildman–Crippen LogP) is 3.88. The minimum atomic E-state index is -0.466. The van der Waals surface area contributed by atoms with Crippen LogP contribution in [0.15, 0.2) is 48.7 Å². The molecule has 7 heteroatoms. The summed E-state index contributed by atoms with van der Waals surface area (Å²) in [6.45, 7) is 0.437. The highest BCUT2D eigenvalue weighted by atomic mass is 32.1. The van der Waals surface area contributed by atoms with E-state index in [0.29, 0.717) is 29.5 Å². The van der Waals surface area contributed by atoms with E-state index in [1.165, 1.54) is 13.3 Å². The summed E-state index contributed by atoms with van der Waals surface area (Å²) < 4.78 is 10.4. The van der Waals surface area contributed by atoms with Crippen molar-refractivity contribution in [2.45, 2.75) is 12.8 Å². The summed E-state index contributed by atoms with van der Waals surface area (Å²) in [5.41, 5.74) is 0. The van der Waals surface area contributed by atoms with Crippen molar-refractivity contribution in [2.24, 2.45) is 0 Å². The fraction of sp³-hybridized carbons (Fsp3) is 0.211. The van der Waals surface area contributed by atoms with Crippen molar-refractivity contribution in [1.29, 1.82) is 0 Å². The standard InChI is InChI=1S/C19H18N2O4S/c1-24-18(23)16-12-20-19(26-16)21-17(22)10-5-11-25-15-9-4-7-13-6-2-3-8-14(13)15/h2-4,6-9,12H,5,10-11H2,1H3,(H,20,21,22). The van der Waals surface area contributed by atoms with Crippen molar-refractivity contribution < 1.29 is 19.1 Å². The quantitative estimate of drug-likeness (QED) is 0.504. The van der Waals surface area contributed by atoms with Crippen LogP contribution in [0, 0.1) is 0 Å². The number of methoxy groups -OCH3 is 1. The molecule has 0 radical (unpaired) electrons. The Balaban J connectivity index is 1.46. The summed E-state index contributed by atoms with van der Waals surface area (Å²) >= 11 is 1.08. The molecular formula is C19H18N2O4S. The molecule has 26 heavy (non-hydrogen) atoms. The molecule has 1 heterocycles. The van der Waals surface area contributed by atoms with Gasteiger partial charge in [-0.2, -0.15) is 0 Å². The summed E-state index contributed by atoms with van der Waals surface area (Å²) in [6.07, 6.45) is 2.26. The molecule has 0 aliphatic carbocycles. The highest BCUT2D eigenvalue weighted by molar-refractivity contribution is 7.17. The van der Waals surface area contributed by atoms with Crippen molar-refractivity contribution in [3.05, 3.63) is 53.5 Å². The Kier molecular flexibility index (Phi) is 5.80. The summed E-state index contributed by atoms with van der Waals surface area (Å²) in [5.74, 6) is 0.176. The third-order valence-corrected chi connectivity index (χ3v) is 4.59. The number of hydrogen-bond acceptors (Lipinski definition) is 6. The average molecular weight is 370 g/mol. The number of fused-ring (bicyclic) bond motifs is 1. The smallest absolute Gasteiger partial charge is 0.349 e. The van der Waals surface area contributed by atoms with Gasteiger partial charge in [0.1, 0.15) is 10.6 Å². The Morgan fingerprint density at radius 2 is 1.96 bits per heavy atom. The largest absolute Gasteiger partial charge is 0.493 e. The van der Waals surface area contributed by atoms with Crippen LogP contribution >= 0.6 is 11.3 Å². The first kappa shape index (κ1) is 17.9. The maximum Gasteiger partial charge on any atom is 0.349 e. The highest BCUT2D eigenvalue weighted by Crippen LogP contribution is 2.25. The molecule has 0 unspecified atom stereocenters. The Hall–Kier alpha value is -2.93. The minimum Gasteiger partial charge on any atom is -0.493 e. The molecule has 134 valence electrons. The molecule has 0 spiro atoms. The monoisotopic (exact) mass is 370 g/mol. The second kappa shape index (κ2) is 8.44. The van der Waals surface area contributed by atoms with Crippen LogP contribution in [-0.4, -0.2) is 30.6 Å². The Morgan fingerprint density at radius 1 is 1.15 bits per heavy atom. The fourth-order valence-electron chi connectivity index (χ4n) is 2.45. The van der Waals surface area contributed by atoms with Gasteiger partial charge >= 0.3 is 5.97 Å². The zero-order chi connectivity index (χ0) is 18.4. The van der Waals surface area contributed by atoms with Crippen LogP contribution in [-0.2, 0) is 9.53 Å². The molecule has 0 aliphatic rings. The summed E-state index contributed by atoms with van der Waals surface area (Å²) in [6, 6.07) is 13.9. The van der Waals surface area contributed by atoms with Crippen molar-refractivity contribution in [3.63, 3.8) is 0 Å². The molecule has 0 fully saturated rings. The summed E-state index contributed by atoms with van der Waals surface area (Å²) in [4.78, 5) is 27.7. The van der Waals surface area contributed by atoms with Crippen molar-refractivity contribution >= 4 is 39.1 Å².